The minimum Gasteiger partial charge on any atom is -0.468 e. The Morgan fingerprint density at radius 3 is 2.96 bits per heavy atom. The van der Waals surface area contributed by atoms with Crippen LogP contribution in [0.25, 0.3) is 0 Å². The van der Waals surface area contributed by atoms with Crippen LogP contribution in [-0.2, 0) is 21.4 Å². The molecule has 2 aromatic rings. The number of nitrogens with one attached hydrogen (secondary N) is 1. The minimum atomic E-state index is -0.640. The van der Waals surface area contributed by atoms with Gasteiger partial charge in [-0.3, -0.25) is 19.7 Å². The summed E-state index contributed by atoms with van der Waals surface area (Å²) >= 11 is 1.50. The highest BCUT2D eigenvalue weighted by molar-refractivity contribution is 7.08. The molecular weight excluding hydrogens is 328 g/mol. The Kier molecular flexibility index (Phi) is 4.96. The lowest BCUT2D eigenvalue weighted by atomic mass is 10.0. The third kappa shape index (κ3) is 3.34. The number of aromatic nitrogens is 2. The van der Waals surface area contributed by atoms with Crippen molar-refractivity contribution in [3.05, 3.63) is 34.7 Å². The van der Waals surface area contributed by atoms with Gasteiger partial charge in [-0.05, 0) is 35.2 Å². The third-order valence-corrected chi connectivity index (χ3v) is 4.80. The van der Waals surface area contributed by atoms with E-state index in [1.54, 1.807) is 9.58 Å². The summed E-state index contributed by atoms with van der Waals surface area (Å²) in [5.41, 5.74) is 0.814. The fourth-order valence-corrected chi connectivity index (χ4v) is 3.55. The quantitative estimate of drug-likeness (QED) is 0.829. The van der Waals surface area contributed by atoms with E-state index < -0.39 is 18.1 Å². The van der Waals surface area contributed by atoms with Crippen LogP contribution >= 0.6 is 11.3 Å². The number of anilines is 1. The van der Waals surface area contributed by atoms with Crippen LogP contribution in [0.4, 0.5) is 5.82 Å². The molecule has 8 heteroatoms. The van der Waals surface area contributed by atoms with Crippen molar-refractivity contribution in [1.82, 2.24) is 15.1 Å². The van der Waals surface area contributed by atoms with Gasteiger partial charge in [0.2, 0.25) is 5.91 Å². The maximum Gasteiger partial charge on any atom is 0.327 e. The summed E-state index contributed by atoms with van der Waals surface area (Å²) in [7, 11) is 3.17. The van der Waals surface area contributed by atoms with E-state index >= 15 is 0 Å². The lowest BCUT2D eigenvalue weighted by Crippen LogP contribution is -2.53. The van der Waals surface area contributed by atoms with E-state index in [1.165, 1.54) is 18.4 Å². The van der Waals surface area contributed by atoms with Gasteiger partial charge in [-0.1, -0.05) is 0 Å². The van der Waals surface area contributed by atoms with Crippen molar-refractivity contribution >= 4 is 29.0 Å². The number of aryl methyl sites for hydroxylation is 1. The van der Waals surface area contributed by atoms with E-state index in [-0.39, 0.29) is 5.91 Å². The Morgan fingerprint density at radius 2 is 2.33 bits per heavy atom. The van der Waals surface area contributed by atoms with Crippen molar-refractivity contribution in [2.24, 2.45) is 7.05 Å². The summed E-state index contributed by atoms with van der Waals surface area (Å²) < 4.78 is 6.56. The highest BCUT2D eigenvalue weighted by atomic mass is 32.1. The van der Waals surface area contributed by atoms with Gasteiger partial charge in [0.1, 0.15) is 6.04 Å². The second-order valence-electron chi connectivity index (χ2n) is 5.71. The van der Waals surface area contributed by atoms with Crippen molar-refractivity contribution in [2.45, 2.75) is 24.9 Å². The summed E-state index contributed by atoms with van der Waals surface area (Å²) in [4.78, 5) is 26.6. The number of ether oxygens (including phenoxy) is 1. The zero-order valence-electron chi connectivity index (χ0n) is 13.6. The van der Waals surface area contributed by atoms with Crippen LogP contribution in [0, 0.1) is 0 Å². The predicted molar refractivity (Wildman–Crippen MR) is 90.8 cm³/mol. The Hall–Kier alpha value is -2.19. The first-order chi connectivity index (χ1) is 11.6. The van der Waals surface area contributed by atoms with Crippen molar-refractivity contribution < 1.29 is 14.3 Å². The maximum absolute atomic E-state index is 12.8. The van der Waals surface area contributed by atoms with Crippen LogP contribution in [0.2, 0.25) is 0 Å². The summed E-state index contributed by atoms with van der Waals surface area (Å²) in [5.74, 6) is 0.180. The van der Waals surface area contributed by atoms with Crippen molar-refractivity contribution in [1.29, 1.82) is 0 Å². The Morgan fingerprint density at radius 1 is 1.50 bits per heavy atom. The molecule has 3 heterocycles. The van der Waals surface area contributed by atoms with Crippen LogP contribution in [0.5, 0.6) is 0 Å². The minimum absolute atomic E-state index is 0.0657. The molecule has 128 valence electrons. The van der Waals surface area contributed by atoms with E-state index in [4.69, 9.17) is 4.74 Å². The number of esters is 1. The summed E-state index contributed by atoms with van der Waals surface area (Å²) in [5, 5.41) is 11.3. The van der Waals surface area contributed by atoms with Crippen molar-refractivity contribution in [3.63, 3.8) is 0 Å². The first kappa shape index (κ1) is 16.7. The average Bonchev–Trinajstić information content (AvgIpc) is 3.25. The lowest BCUT2D eigenvalue weighted by Gasteiger charge is -2.33. The molecule has 1 fully saturated rings. The molecule has 1 aliphatic heterocycles. The number of rotatable bonds is 5. The molecule has 3 rings (SSSR count). The zero-order valence-corrected chi connectivity index (χ0v) is 14.5. The Balaban J connectivity index is 1.77. The molecule has 0 saturated carbocycles. The highest BCUT2D eigenvalue weighted by Gasteiger charge is 2.34. The van der Waals surface area contributed by atoms with E-state index in [9.17, 15) is 9.59 Å². The molecule has 1 aliphatic rings. The fraction of sp³-hybridized carbons (Fsp3) is 0.438. The molecule has 0 bridgehead atoms. The van der Waals surface area contributed by atoms with Gasteiger partial charge in [0.05, 0.1) is 13.2 Å². The van der Waals surface area contributed by atoms with Crippen LogP contribution in [0.15, 0.2) is 29.1 Å². The molecular formula is C16H20N4O3S. The number of amides is 1. The average molecular weight is 348 g/mol. The molecule has 1 saturated heterocycles. The lowest BCUT2D eigenvalue weighted by molar-refractivity contribution is -0.143. The first-order valence-corrected chi connectivity index (χ1v) is 8.71. The fourth-order valence-electron chi connectivity index (χ4n) is 2.86. The van der Waals surface area contributed by atoms with E-state index in [0.717, 1.165) is 12.0 Å². The third-order valence-electron chi connectivity index (χ3n) is 4.10. The standard InChI is InChI=1S/C16H20N4O3S/c1-19-8-5-13(18-19)20-7-3-4-12(15(20)21)17-14(16(22)23-2)11-6-9-24-10-11/h5-6,8-10,12,14,17H,3-4,7H2,1-2H3/t12-,14+/m0/s1. The second kappa shape index (κ2) is 7.14. The molecule has 2 atom stereocenters. The highest BCUT2D eigenvalue weighted by Crippen LogP contribution is 2.23. The SMILES string of the molecule is COC(=O)[C@H](N[C@H]1CCCN(c2ccn(C)n2)C1=O)c1ccsc1. The second-order valence-corrected chi connectivity index (χ2v) is 6.49. The van der Waals surface area contributed by atoms with Gasteiger partial charge in [0.15, 0.2) is 5.82 Å². The molecule has 0 aliphatic carbocycles. The number of hydrogen-bond donors (Lipinski definition) is 1. The molecule has 0 radical (unpaired) electrons. The molecule has 0 unspecified atom stereocenters. The molecule has 1 N–H and O–H groups in total. The van der Waals surface area contributed by atoms with E-state index in [2.05, 4.69) is 10.4 Å². The molecule has 0 aromatic carbocycles. The number of thiophene rings is 1. The van der Waals surface area contributed by atoms with Gasteiger partial charge in [-0.2, -0.15) is 16.4 Å². The van der Waals surface area contributed by atoms with Gasteiger partial charge < -0.3 is 4.74 Å². The number of carbonyl (C=O) groups is 2. The smallest absolute Gasteiger partial charge is 0.327 e. The maximum atomic E-state index is 12.8. The number of carbonyl (C=O) groups excluding carboxylic acids is 2. The largest absolute Gasteiger partial charge is 0.468 e. The topological polar surface area (TPSA) is 76.5 Å². The van der Waals surface area contributed by atoms with E-state index in [0.29, 0.717) is 18.8 Å². The van der Waals surface area contributed by atoms with Gasteiger partial charge in [0, 0.05) is 25.9 Å². The van der Waals surface area contributed by atoms with Crippen LogP contribution in [0.3, 0.4) is 0 Å². The van der Waals surface area contributed by atoms with Crippen molar-refractivity contribution in [2.75, 3.05) is 18.6 Å². The van der Waals surface area contributed by atoms with Gasteiger partial charge in [-0.15, -0.1) is 0 Å². The molecule has 7 nitrogen and oxygen atoms in total. The van der Waals surface area contributed by atoms with E-state index in [1.807, 2.05) is 36.1 Å². The monoisotopic (exact) mass is 348 g/mol. The molecule has 24 heavy (non-hydrogen) atoms. The zero-order chi connectivity index (χ0) is 17.1. The predicted octanol–water partition coefficient (Wildman–Crippen LogP) is 1.48. The molecule has 2 aromatic heterocycles. The van der Waals surface area contributed by atoms with Crippen molar-refractivity contribution in [3.8, 4) is 0 Å². The summed E-state index contributed by atoms with van der Waals surface area (Å²) in [6.45, 7) is 0.634. The molecule has 1 amide bonds. The number of piperidine rings is 1. The Bertz CT molecular complexity index is 713. The molecule has 0 spiro atoms. The van der Waals surface area contributed by atoms with Crippen LogP contribution in [0.1, 0.15) is 24.4 Å². The number of nitrogens with zero attached hydrogens (tertiary/aromatic N) is 3. The Labute approximate surface area is 144 Å². The first-order valence-electron chi connectivity index (χ1n) is 7.77. The number of hydrogen-bond acceptors (Lipinski definition) is 6. The summed E-state index contributed by atoms with van der Waals surface area (Å²) in [6, 6.07) is 2.60. The van der Waals surface area contributed by atoms with Crippen LogP contribution in [-0.4, -0.2) is 41.4 Å². The number of methoxy groups -OCH3 is 1. The summed E-state index contributed by atoms with van der Waals surface area (Å²) in [6.07, 6.45) is 3.33. The van der Waals surface area contributed by atoms with Gasteiger partial charge in [0.25, 0.3) is 0 Å². The van der Waals surface area contributed by atoms with Gasteiger partial charge in [-0.25, -0.2) is 4.79 Å². The van der Waals surface area contributed by atoms with Gasteiger partial charge >= 0.3 is 5.97 Å². The van der Waals surface area contributed by atoms with Crippen LogP contribution < -0.4 is 10.2 Å². The normalized spacial score (nSPS) is 19.3.